The lowest BCUT2D eigenvalue weighted by molar-refractivity contribution is -0.135. The third kappa shape index (κ3) is 3.41. The fourth-order valence-electron chi connectivity index (χ4n) is 0.796. The van der Waals surface area contributed by atoms with Gasteiger partial charge in [-0.2, -0.15) is 0 Å². The van der Waals surface area contributed by atoms with Crippen LogP contribution in [0.15, 0.2) is 22.7 Å². The van der Waals surface area contributed by atoms with Gasteiger partial charge in [-0.1, -0.05) is 23.4 Å². The predicted octanol–water partition coefficient (Wildman–Crippen LogP) is 2.93. The van der Waals surface area contributed by atoms with E-state index in [4.69, 9.17) is 16.7 Å². The molecule has 0 heterocycles. The summed E-state index contributed by atoms with van der Waals surface area (Å²) in [6.45, 7) is 0. The highest BCUT2D eigenvalue weighted by Crippen LogP contribution is 2.22. The average molecular weight is 274 g/mol. The molecule has 0 saturated carbocycles. The lowest BCUT2D eigenvalue weighted by Gasteiger charge is -1.94. The Morgan fingerprint density at radius 2 is 2.29 bits per heavy atom. The van der Waals surface area contributed by atoms with Crippen LogP contribution in [0.1, 0.15) is 12.0 Å². The molecule has 1 aromatic rings. The van der Waals surface area contributed by atoms with E-state index in [9.17, 15) is 4.79 Å². The zero-order valence-electron chi connectivity index (χ0n) is 7.05. The number of aliphatic carboxylic acids is 1. The first-order chi connectivity index (χ1) is 6.59. The van der Waals surface area contributed by atoms with Gasteiger partial charge in [-0.05, 0) is 34.1 Å². The van der Waals surface area contributed by atoms with Gasteiger partial charge >= 0.3 is 5.97 Å². The molecule has 0 aliphatic carbocycles. The maximum atomic E-state index is 10.2. The Hall–Kier alpha value is -0.980. The molecule has 72 valence electrons. The third-order valence-corrected chi connectivity index (χ3v) is 2.62. The fraction of sp³-hybridized carbons (Fsp3) is 0.100. The largest absolute Gasteiger partial charge is 0.481 e. The first kappa shape index (κ1) is 11.1. The van der Waals surface area contributed by atoms with Crippen LogP contribution in [0.4, 0.5) is 0 Å². The second-order valence-corrected chi connectivity index (χ2v) is 3.76. The van der Waals surface area contributed by atoms with E-state index in [2.05, 4.69) is 27.8 Å². The normalized spacial score (nSPS) is 9.00. The first-order valence-corrected chi connectivity index (χ1v) is 4.92. The van der Waals surface area contributed by atoms with Gasteiger partial charge in [0.25, 0.3) is 0 Å². The quantitative estimate of drug-likeness (QED) is 0.799. The zero-order chi connectivity index (χ0) is 10.6. The predicted molar refractivity (Wildman–Crippen MR) is 58.3 cm³/mol. The number of carboxylic acids is 1. The van der Waals surface area contributed by atoms with Crippen LogP contribution in [0.5, 0.6) is 0 Å². The van der Waals surface area contributed by atoms with E-state index in [1.54, 1.807) is 18.2 Å². The fourth-order valence-corrected chi connectivity index (χ4v) is 1.22. The molecule has 2 nitrogen and oxygen atoms in total. The molecule has 14 heavy (non-hydrogen) atoms. The molecule has 0 unspecified atom stereocenters. The highest BCUT2D eigenvalue weighted by molar-refractivity contribution is 9.10. The molecule has 0 spiro atoms. The van der Waals surface area contributed by atoms with Gasteiger partial charge in [-0.25, -0.2) is 0 Å². The maximum Gasteiger partial charge on any atom is 0.315 e. The van der Waals surface area contributed by atoms with Gasteiger partial charge in [0.05, 0.1) is 5.02 Å². The van der Waals surface area contributed by atoms with Crippen molar-refractivity contribution in [1.29, 1.82) is 0 Å². The van der Waals surface area contributed by atoms with Crippen LogP contribution in [0.25, 0.3) is 0 Å². The van der Waals surface area contributed by atoms with E-state index in [1.165, 1.54) is 0 Å². The van der Waals surface area contributed by atoms with Crippen molar-refractivity contribution < 1.29 is 9.90 Å². The van der Waals surface area contributed by atoms with Gasteiger partial charge in [0.2, 0.25) is 0 Å². The summed E-state index contributed by atoms with van der Waals surface area (Å²) in [4.78, 5) is 10.2. The number of hydrogen-bond donors (Lipinski definition) is 1. The highest BCUT2D eigenvalue weighted by Gasteiger charge is 1.96. The summed E-state index contributed by atoms with van der Waals surface area (Å²) >= 11 is 9.07. The van der Waals surface area contributed by atoms with Crippen molar-refractivity contribution in [2.24, 2.45) is 0 Å². The summed E-state index contributed by atoms with van der Waals surface area (Å²) in [5.74, 6) is 4.30. The molecular formula is C10H6BrClO2. The molecule has 0 radical (unpaired) electrons. The number of rotatable bonds is 1. The van der Waals surface area contributed by atoms with Gasteiger partial charge in [0.15, 0.2) is 0 Å². The van der Waals surface area contributed by atoms with Crippen molar-refractivity contribution >= 4 is 33.5 Å². The minimum atomic E-state index is -0.930. The Kier molecular flexibility index (Phi) is 3.99. The lowest BCUT2D eigenvalue weighted by Crippen LogP contribution is -1.90. The molecule has 0 aromatic heterocycles. The molecule has 0 amide bonds. The van der Waals surface area contributed by atoms with E-state index in [1.807, 2.05) is 0 Å². The summed E-state index contributed by atoms with van der Waals surface area (Å²) in [6, 6.07) is 5.22. The molecule has 0 bridgehead atoms. The van der Waals surface area contributed by atoms with Crippen LogP contribution in [0, 0.1) is 11.8 Å². The van der Waals surface area contributed by atoms with Crippen LogP contribution in [0.2, 0.25) is 5.02 Å². The first-order valence-electron chi connectivity index (χ1n) is 3.75. The Morgan fingerprint density at radius 1 is 1.57 bits per heavy atom. The Morgan fingerprint density at radius 3 is 2.86 bits per heavy atom. The van der Waals surface area contributed by atoms with Gasteiger partial charge in [0.1, 0.15) is 6.42 Å². The zero-order valence-corrected chi connectivity index (χ0v) is 9.39. The van der Waals surface area contributed by atoms with E-state index in [0.29, 0.717) is 10.6 Å². The average Bonchev–Trinajstić information content (AvgIpc) is 2.10. The van der Waals surface area contributed by atoms with Crippen LogP contribution in [-0.4, -0.2) is 11.1 Å². The number of benzene rings is 1. The molecule has 4 heteroatoms. The molecule has 0 aliphatic rings. The standard InChI is InChI=1S/C10H6BrClO2/c11-8-5-4-7(6-9(8)12)2-1-3-10(13)14/h4-6H,3H2,(H,13,14). The molecule has 0 aliphatic heterocycles. The summed E-state index contributed by atoms with van der Waals surface area (Å²) in [5.41, 5.74) is 0.708. The van der Waals surface area contributed by atoms with Crippen molar-refractivity contribution in [3.63, 3.8) is 0 Å². The molecule has 0 atom stereocenters. The highest BCUT2D eigenvalue weighted by atomic mass is 79.9. The van der Waals surface area contributed by atoms with Gasteiger partial charge < -0.3 is 5.11 Å². The van der Waals surface area contributed by atoms with Crippen molar-refractivity contribution in [2.45, 2.75) is 6.42 Å². The topological polar surface area (TPSA) is 37.3 Å². The molecule has 0 fully saturated rings. The lowest BCUT2D eigenvalue weighted by atomic mass is 10.2. The van der Waals surface area contributed by atoms with E-state index in [0.717, 1.165) is 4.47 Å². The van der Waals surface area contributed by atoms with Crippen molar-refractivity contribution in [2.75, 3.05) is 0 Å². The summed E-state index contributed by atoms with van der Waals surface area (Å²) in [5, 5.41) is 8.92. The van der Waals surface area contributed by atoms with E-state index < -0.39 is 5.97 Å². The second kappa shape index (κ2) is 5.04. The molecule has 1 rings (SSSR count). The number of halogens is 2. The Bertz CT molecular complexity index is 418. The third-order valence-electron chi connectivity index (χ3n) is 1.39. The maximum absolute atomic E-state index is 10.2. The molecule has 1 aromatic carbocycles. The van der Waals surface area contributed by atoms with E-state index >= 15 is 0 Å². The Balaban J connectivity index is 2.81. The van der Waals surface area contributed by atoms with Crippen LogP contribution < -0.4 is 0 Å². The van der Waals surface area contributed by atoms with Crippen molar-refractivity contribution in [1.82, 2.24) is 0 Å². The number of carbonyl (C=O) groups is 1. The van der Waals surface area contributed by atoms with Gasteiger partial charge in [0, 0.05) is 10.0 Å². The minimum absolute atomic E-state index is 0.159. The smallest absolute Gasteiger partial charge is 0.315 e. The van der Waals surface area contributed by atoms with Crippen molar-refractivity contribution in [3.8, 4) is 11.8 Å². The summed E-state index contributed by atoms with van der Waals surface area (Å²) < 4.78 is 0.794. The summed E-state index contributed by atoms with van der Waals surface area (Å²) in [7, 11) is 0. The van der Waals surface area contributed by atoms with Crippen LogP contribution in [0.3, 0.4) is 0 Å². The molecule has 0 saturated heterocycles. The summed E-state index contributed by atoms with van der Waals surface area (Å²) in [6.07, 6.45) is -0.159. The Labute approximate surface area is 95.0 Å². The molecule has 1 N–H and O–H groups in total. The van der Waals surface area contributed by atoms with Gasteiger partial charge in [-0.3, -0.25) is 4.79 Å². The monoisotopic (exact) mass is 272 g/mol. The SMILES string of the molecule is O=C(O)CC#Cc1ccc(Br)c(Cl)c1. The van der Waals surface area contributed by atoms with Crippen LogP contribution in [-0.2, 0) is 4.79 Å². The second-order valence-electron chi connectivity index (χ2n) is 2.50. The number of hydrogen-bond acceptors (Lipinski definition) is 1. The van der Waals surface area contributed by atoms with Crippen LogP contribution >= 0.6 is 27.5 Å². The molecular weight excluding hydrogens is 267 g/mol. The minimum Gasteiger partial charge on any atom is -0.481 e. The number of carboxylic acid groups (broad SMARTS) is 1. The van der Waals surface area contributed by atoms with Crippen molar-refractivity contribution in [3.05, 3.63) is 33.3 Å². The van der Waals surface area contributed by atoms with E-state index in [-0.39, 0.29) is 6.42 Å². The van der Waals surface area contributed by atoms with Gasteiger partial charge in [-0.15, -0.1) is 0 Å².